The normalized spacial score (nSPS) is 15.1. The number of hydrogen-bond acceptors (Lipinski definition) is 6. The third-order valence-corrected chi connectivity index (χ3v) is 11.2. The first-order chi connectivity index (χ1) is 21.4. The maximum atomic E-state index is 13.7. The van der Waals surface area contributed by atoms with Gasteiger partial charge in [0.15, 0.2) is 0 Å². The van der Waals surface area contributed by atoms with E-state index >= 15 is 0 Å². The molecule has 0 saturated carbocycles. The predicted molar refractivity (Wildman–Crippen MR) is 179 cm³/mol. The van der Waals surface area contributed by atoms with Gasteiger partial charge in [-0.15, -0.1) is 0 Å². The first-order valence-corrected chi connectivity index (χ1v) is 17.6. The van der Waals surface area contributed by atoms with Gasteiger partial charge in [0, 0.05) is 47.9 Å². The van der Waals surface area contributed by atoms with Crippen LogP contribution in [-0.2, 0) is 47.7 Å². The van der Waals surface area contributed by atoms with Crippen LogP contribution in [0.3, 0.4) is 0 Å². The van der Waals surface area contributed by atoms with Gasteiger partial charge in [0.1, 0.15) is 11.4 Å². The lowest BCUT2D eigenvalue weighted by molar-refractivity contribution is 0.0512. The van der Waals surface area contributed by atoms with Crippen molar-refractivity contribution in [1.82, 2.24) is 18.7 Å². The van der Waals surface area contributed by atoms with Crippen LogP contribution >= 0.6 is 23.2 Å². The number of esters is 1. The van der Waals surface area contributed by atoms with Crippen molar-refractivity contribution in [2.45, 2.75) is 66.5 Å². The standard InChI is InChI=1S/C33H40Cl2N4O5S/c1-7-27-29-26(36-38(27)6)19-37(5)45(41,42)16-10-14-39-31-24(12-13-25(34)28(29)31)23(32(39)33(40)43-8-2)11-9-15-44-22-17-20(3)30(35)21(4)18-22/h12-13,17-18H,7-11,14-16,19H2,1-6H3. The molecule has 0 unspecified atom stereocenters. The molecule has 0 aliphatic carbocycles. The average Bonchev–Trinajstić information content (AvgIpc) is 3.46. The van der Waals surface area contributed by atoms with E-state index in [1.165, 1.54) is 4.31 Å². The Kier molecular flexibility index (Phi) is 9.89. The van der Waals surface area contributed by atoms with Crippen LogP contribution in [-0.4, -0.2) is 59.1 Å². The van der Waals surface area contributed by atoms with Crippen molar-refractivity contribution in [3.8, 4) is 16.9 Å². The summed E-state index contributed by atoms with van der Waals surface area (Å²) >= 11 is 13.4. The quantitative estimate of drug-likeness (QED) is 0.149. The monoisotopic (exact) mass is 674 g/mol. The molecule has 0 spiro atoms. The maximum Gasteiger partial charge on any atom is 0.355 e. The Balaban J connectivity index is 1.68. The van der Waals surface area contributed by atoms with Crippen molar-refractivity contribution >= 4 is 50.1 Å². The number of benzene rings is 2. The van der Waals surface area contributed by atoms with Crippen molar-refractivity contribution in [3.63, 3.8) is 0 Å². The minimum atomic E-state index is -3.59. The summed E-state index contributed by atoms with van der Waals surface area (Å²) in [6, 6.07) is 7.65. The van der Waals surface area contributed by atoms with Crippen LogP contribution in [0.1, 0.15) is 65.3 Å². The van der Waals surface area contributed by atoms with E-state index in [-0.39, 0.29) is 18.9 Å². The fourth-order valence-electron chi connectivity index (χ4n) is 6.36. The van der Waals surface area contributed by atoms with E-state index in [1.54, 1.807) is 18.7 Å². The highest BCUT2D eigenvalue weighted by molar-refractivity contribution is 7.89. The molecule has 0 saturated heterocycles. The molecule has 0 N–H and O–H groups in total. The van der Waals surface area contributed by atoms with Gasteiger partial charge in [-0.2, -0.15) is 9.40 Å². The third-order valence-electron chi connectivity index (χ3n) is 8.45. The van der Waals surface area contributed by atoms with Crippen molar-refractivity contribution in [3.05, 3.63) is 68.1 Å². The van der Waals surface area contributed by atoms with Crippen LogP contribution in [0.15, 0.2) is 24.3 Å². The number of sulfonamides is 1. The Hall–Kier alpha value is -3.05. The van der Waals surface area contributed by atoms with Gasteiger partial charge in [-0.1, -0.05) is 36.2 Å². The number of aryl methyl sites for hydroxylation is 5. The van der Waals surface area contributed by atoms with E-state index < -0.39 is 16.0 Å². The maximum absolute atomic E-state index is 13.7. The van der Waals surface area contributed by atoms with Crippen molar-refractivity contribution in [1.29, 1.82) is 0 Å². The molecule has 0 atom stereocenters. The highest BCUT2D eigenvalue weighted by Crippen LogP contribution is 2.43. The number of aromatic nitrogens is 3. The largest absolute Gasteiger partial charge is 0.494 e. The van der Waals surface area contributed by atoms with Crippen molar-refractivity contribution in [2.75, 3.05) is 26.0 Å². The molecule has 0 radical (unpaired) electrons. The van der Waals surface area contributed by atoms with Gasteiger partial charge < -0.3 is 14.0 Å². The van der Waals surface area contributed by atoms with Crippen molar-refractivity contribution < 1.29 is 22.7 Å². The number of halogens is 2. The van der Waals surface area contributed by atoms with Crippen LogP contribution in [0.25, 0.3) is 22.0 Å². The zero-order valence-electron chi connectivity index (χ0n) is 26.7. The van der Waals surface area contributed by atoms with E-state index in [0.717, 1.165) is 55.2 Å². The van der Waals surface area contributed by atoms with Gasteiger partial charge >= 0.3 is 5.97 Å². The smallest absolute Gasteiger partial charge is 0.355 e. The number of carbonyl (C=O) groups excluding carboxylic acids is 1. The number of ether oxygens (including phenoxy) is 2. The molecule has 3 heterocycles. The summed E-state index contributed by atoms with van der Waals surface area (Å²) in [5.41, 5.74) is 7.04. The number of nitrogens with zero attached hydrogens (tertiary/aromatic N) is 4. The molecule has 12 heteroatoms. The topological polar surface area (TPSA) is 95.7 Å². The zero-order chi connectivity index (χ0) is 32.6. The van der Waals surface area contributed by atoms with Crippen LogP contribution in [0.5, 0.6) is 5.75 Å². The van der Waals surface area contributed by atoms with Crippen LogP contribution in [0, 0.1) is 13.8 Å². The highest BCUT2D eigenvalue weighted by atomic mass is 35.5. The second kappa shape index (κ2) is 13.4. The van der Waals surface area contributed by atoms with Crippen LogP contribution < -0.4 is 4.74 Å². The van der Waals surface area contributed by atoms with E-state index in [1.807, 2.05) is 56.7 Å². The molecule has 1 aliphatic heterocycles. The summed E-state index contributed by atoms with van der Waals surface area (Å²) in [5.74, 6) is 0.216. The molecule has 0 amide bonds. The highest BCUT2D eigenvalue weighted by Gasteiger charge is 2.32. The number of carbonyl (C=O) groups is 1. The minimum absolute atomic E-state index is 0.0762. The molecule has 9 nitrogen and oxygen atoms in total. The predicted octanol–water partition coefficient (Wildman–Crippen LogP) is 6.88. The Bertz CT molecular complexity index is 1860. The van der Waals surface area contributed by atoms with E-state index in [2.05, 4.69) is 0 Å². The minimum Gasteiger partial charge on any atom is -0.494 e. The van der Waals surface area contributed by atoms with Gasteiger partial charge in [0.05, 0.1) is 41.7 Å². The Morgan fingerprint density at radius 2 is 1.78 bits per heavy atom. The van der Waals surface area contributed by atoms with Gasteiger partial charge in [0.25, 0.3) is 0 Å². The SMILES string of the molecule is CCOC(=O)c1c(CCCOc2cc(C)c(Cl)c(C)c2)c2ccc(Cl)c3c2n1CCCS(=O)(=O)N(C)Cc1nn(C)c(CC)c1-3. The molecule has 5 rings (SSSR count). The first kappa shape index (κ1) is 33.3. The lowest BCUT2D eigenvalue weighted by Gasteiger charge is -2.17. The third kappa shape index (κ3) is 6.35. The van der Waals surface area contributed by atoms with Crippen molar-refractivity contribution in [2.24, 2.45) is 7.05 Å². The fraction of sp³-hybridized carbons (Fsp3) is 0.455. The molecule has 1 aliphatic rings. The summed E-state index contributed by atoms with van der Waals surface area (Å²) < 4.78 is 43.4. The molecule has 2 aromatic heterocycles. The molecule has 4 aromatic rings. The Morgan fingerprint density at radius 3 is 2.44 bits per heavy atom. The molecule has 0 fully saturated rings. The molecule has 0 bridgehead atoms. The number of rotatable bonds is 8. The lowest BCUT2D eigenvalue weighted by Crippen LogP contribution is -2.29. The summed E-state index contributed by atoms with van der Waals surface area (Å²) in [5, 5.41) is 6.88. The second-order valence-corrected chi connectivity index (χ2v) is 14.5. The molecular formula is C33H40Cl2N4O5S. The second-order valence-electron chi connectivity index (χ2n) is 11.5. The summed E-state index contributed by atoms with van der Waals surface area (Å²) in [6.45, 7) is 8.74. The summed E-state index contributed by atoms with van der Waals surface area (Å²) in [6.07, 6.45) is 2.12. The molecule has 45 heavy (non-hydrogen) atoms. The number of hydrogen-bond donors (Lipinski definition) is 0. The summed E-state index contributed by atoms with van der Waals surface area (Å²) in [7, 11) is -0.150. The van der Waals surface area contributed by atoms with Gasteiger partial charge in [-0.3, -0.25) is 4.68 Å². The van der Waals surface area contributed by atoms with Gasteiger partial charge in [-0.05, 0) is 81.3 Å². The first-order valence-electron chi connectivity index (χ1n) is 15.3. The fourth-order valence-corrected chi connectivity index (χ4v) is 7.84. The van der Waals surface area contributed by atoms with E-state index in [4.69, 9.17) is 37.8 Å². The Labute approximate surface area is 275 Å². The lowest BCUT2D eigenvalue weighted by atomic mass is 9.97. The molecule has 242 valence electrons. The van der Waals surface area contributed by atoms with Crippen LogP contribution in [0.2, 0.25) is 10.0 Å². The van der Waals surface area contributed by atoms with Gasteiger partial charge in [0.2, 0.25) is 10.0 Å². The average molecular weight is 676 g/mol. The molecule has 2 aromatic carbocycles. The van der Waals surface area contributed by atoms with E-state index in [9.17, 15) is 13.2 Å². The Morgan fingerprint density at radius 1 is 1.07 bits per heavy atom. The van der Waals surface area contributed by atoms with Gasteiger partial charge in [-0.25, -0.2) is 13.2 Å². The number of fused-ring (bicyclic) bond motifs is 2. The van der Waals surface area contributed by atoms with Crippen LogP contribution in [0.4, 0.5) is 0 Å². The zero-order valence-corrected chi connectivity index (χ0v) is 29.0. The van der Waals surface area contributed by atoms with E-state index in [0.29, 0.717) is 55.2 Å². The molecular weight excluding hydrogens is 635 g/mol. The summed E-state index contributed by atoms with van der Waals surface area (Å²) in [4.78, 5) is 13.7.